The number of carbonyl (C=O) groups is 2. The van der Waals surface area contributed by atoms with Crippen LogP contribution in [-0.2, 0) is 9.59 Å². The minimum atomic E-state index is -0.451. The number of aliphatic hydroxyl groups excluding tert-OH is 1. The fourth-order valence-corrected chi connectivity index (χ4v) is 3.04. The van der Waals surface area contributed by atoms with Crippen LogP contribution >= 0.6 is 0 Å². The molecule has 4 aliphatic carbocycles. The molecule has 0 aromatic heterocycles. The van der Waals surface area contributed by atoms with E-state index in [4.69, 9.17) is 9.90 Å². The Labute approximate surface area is 259 Å². The molecule has 1 N–H and O–H groups in total. The highest BCUT2D eigenvalue weighted by Gasteiger charge is 2.04. The van der Waals surface area contributed by atoms with E-state index in [-0.39, 0.29) is 18.0 Å². The second-order valence-electron chi connectivity index (χ2n) is 9.23. The lowest BCUT2D eigenvalue weighted by molar-refractivity contribution is -0.105. The predicted octanol–water partition coefficient (Wildman–Crippen LogP) is 10.9. The van der Waals surface area contributed by atoms with Gasteiger partial charge in [0.05, 0.1) is 6.42 Å². The average Bonchev–Trinajstić information content (AvgIpc) is 3.04. The summed E-state index contributed by atoms with van der Waals surface area (Å²) in [4.78, 5) is 18.1. The van der Waals surface area contributed by atoms with Gasteiger partial charge in [0.15, 0.2) is 0 Å². The predicted molar refractivity (Wildman–Crippen MR) is 179 cm³/mol. The zero-order chi connectivity index (χ0) is 32.9. The fourth-order valence-electron chi connectivity index (χ4n) is 3.04. The Kier molecular flexibility index (Phi) is 27.1. The second kappa shape index (κ2) is 28.3. The zero-order valence-corrected chi connectivity index (χ0v) is 26.5. The summed E-state index contributed by atoms with van der Waals surface area (Å²) in [5.41, 5.74) is 6.08. The highest BCUT2D eigenvalue weighted by molar-refractivity contribution is 5.75. The molecule has 0 saturated heterocycles. The molecule has 0 fully saturated rings. The van der Waals surface area contributed by atoms with Crippen molar-refractivity contribution in [3.63, 3.8) is 0 Å². The van der Waals surface area contributed by atoms with Crippen molar-refractivity contribution in [2.45, 2.75) is 67.2 Å². The van der Waals surface area contributed by atoms with Crippen LogP contribution in [0.25, 0.3) is 0 Å². The van der Waals surface area contributed by atoms with Gasteiger partial charge in [-0.15, -0.1) is 0 Å². The molecule has 232 valence electrons. The molecule has 0 spiro atoms. The molecule has 0 amide bonds. The Morgan fingerprint density at radius 3 is 1.70 bits per heavy atom. The fraction of sp³-hybridized carbons (Fsp3) is 0.263. The molecule has 4 radical (unpaired) electrons. The van der Waals surface area contributed by atoms with Crippen LogP contribution in [0.1, 0.15) is 65.9 Å². The van der Waals surface area contributed by atoms with Crippen molar-refractivity contribution in [2.24, 2.45) is 0 Å². The first-order valence-corrected chi connectivity index (χ1v) is 14.3. The van der Waals surface area contributed by atoms with Gasteiger partial charge in [-0.05, 0) is 58.6 Å². The molecule has 0 aliphatic heterocycles. The lowest BCUT2D eigenvalue weighted by Crippen LogP contribution is -1.90. The highest BCUT2D eigenvalue weighted by Crippen LogP contribution is 2.17. The number of hydrogen-bond donors (Lipinski definition) is 1. The van der Waals surface area contributed by atoms with Crippen LogP contribution < -0.4 is 0 Å². The van der Waals surface area contributed by atoms with Crippen molar-refractivity contribution in [1.29, 1.82) is 0 Å². The maximum Gasteiger partial charge on any atom is 0.146 e. The summed E-state index contributed by atoms with van der Waals surface area (Å²) in [7, 11) is 0. The number of rotatable bonds is 1. The Morgan fingerprint density at radius 1 is 0.744 bits per heavy atom. The molecule has 5 heteroatoms. The van der Waals surface area contributed by atoms with Gasteiger partial charge in [-0.1, -0.05) is 115 Å². The minimum absolute atomic E-state index is 0.115. The first-order valence-electron chi connectivity index (χ1n) is 14.3. The summed E-state index contributed by atoms with van der Waals surface area (Å²) >= 11 is 0. The van der Waals surface area contributed by atoms with Crippen LogP contribution in [0, 0.1) is 32.6 Å². The SMILES string of the molecule is C=O.CC.CC1=CCC(C=O)=C[CH]1.CC1=C[CH]C(F)=CC1.CC1=C[CH]C=CC1.Cc1ccccc1.OC1=C(F)CC=C[CH]1. The number of aldehydes is 1. The summed E-state index contributed by atoms with van der Waals surface area (Å²) in [5.74, 6) is -0.810. The largest absolute Gasteiger partial charge is 0.509 e. The van der Waals surface area contributed by atoms with Crippen LogP contribution in [0.2, 0.25) is 0 Å². The summed E-state index contributed by atoms with van der Waals surface area (Å²) in [6, 6.07) is 10.3. The van der Waals surface area contributed by atoms with Gasteiger partial charge in [-0.3, -0.25) is 4.79 Å². The van der Waals surface area contributed by atoms with E-state index in [9.17, 15) is 13.6 Å². The standard InChI is InChI=1S/C8H9O.C7H8F.C7H9.C7H8.C6H6FO.C2H6.CH2O/c1-7-2-4-8(6-9)5-3-7;1-6-2-4-7(8)5-3-6;2*1-7-5-3-2-4-6-7;7-5-3-1-2-4-6(5)8;2*1-2/h2-4,6H,5H2,1H3;2,4-5H,3H2,1H3;2-5H,6H2,1H3;2-6H,1H3;1-2,4,8H,3H2;1-2H3;1H2. The average molecular weight is 591 g/mol. The Balaban J connectivity index is 0. The summed E-state index contributed by atoms with van der Waals surface area (Å²) in [6.45, 7) is 14.2. The van der Waals surface area contributed by atoms with E-state index < -0.39 is 5.83 Å². The van der Waals surface area contributed by atoms with Gasteiger partial charge in [0.1, 0.15) is 30.5 Å². The summed E-state index contributed by atoms with van der Waals surface area (Å²) in [6.07, 6.45) is 27.6. The molecule has 43 heavy (non-hydrogen) atoms. The number of aliphatic hydroxyl groups is 1. The first kappa shape index (κ1) is 41.3. The zero-order valence-electron chi connectivity index (χ0n) is 26.5. The van der Waals surface area contributed by atoms with Crippen molar-refractivity contribution < 1.29 is 23.5 Å². The molecular weight excluding hydrogens is 542 g/mol. The van der Waals surface area contributed by atoms with Gasteiger partial charge in [0, 0.05) is 25.7 Å². The molecule has 3 nitrogen and oxygen atoms in total. The molecule has 0 saturated carbocycles. The number of halogens is 2. The molecule has 0 atom stereocenters. The van der Waals surface area contributed by atoms with Crippen molar-refractivity contribution >= 4 is 13.1 Å². The Hall–Kier alpha value is -3.86. The van der Waals surface area contributed by atoms with E-state index >= 15 is 0 Å². The van der Waals surface area contributed by atoms with Crippen molar-refractivity contribution in [3.05, 3.63) is 156 Å². The lowest BCUT2D eigenvalue weighted by Gasteiger charge is -2.03. The van der Waals surface area contributed by atoms with Crippen LogP contribution in [-0.4, -0.2) is 18.2 Å². The maximum absolute atomic E-state index is 12.1. The van der Waals surface area contributed by atoms with E-state index in [1.807, 2.05) is 71.3 Å². The molecule has 0 bridgehead atoms. The second-order valence-corrected chi connectivity index (χ2v) is 9.23. The van der Waals surface area contributed by atoms with Gasteiger partial charge in [-0.2, -0.15) is 0 Å². The van der Waals surface area contributed by atoms with E-state index in [0.29, 0.717) is 0 Å². The molecule has 5 rings (SSSR count). The Morgan fingerprint density at radius 2 is 1.37 bits per heavy atom. The summed E-state index contributed by atoms with van der Waals surface area (Å²) in [5, 5.41) is 8.58. The topological polar surface area (TPSA) is 54.4 Å². The van der Waals surface area contributed by atoms with E-state index in [2.05, 4.69) is 50.6 Å². The smallest absolute Gasteiger partial charge is 0.146 e. The van der Waals surface area contributed by atoms with Crippen LogP contribution in [0.5, 0.6) is 0 Å². The van der Waals surface area contributed by atoms with E-state index in [1.165, 1.54) is 35.1 Å². The third kappa shape index (κ3) is 24.4. The van der Waals surface area contributed by atoms with E-state index in [1.54, 1.807) is 24.3 Å². The molecular formula is C38H48F2O3. The monoisotopic (exact) mass is 590 g/mol. The van der Waals surface area contributed by atoms with Crippen molar-refractivity contribution in [3.8, 4) is 0 Å². The normalized spacial score (nSPS) is 16.0. The van der Waals surface area contributed by atoms with Crippen molar-refractivity contribution in [1.82, 2.24) is 0 Å². The number of benzene rings is 1. The molecule has 4 aliphatic rings. The lowest BCUT2D eigenvalue weighted by atomic mass is 10.0. The van der Waals surface area contributed by atoms with Crippen LogP contribution in [0.15, 0.2) is 125 Å². The third-order valence-electron chi connectivity index (χ3n) is 5.49. The molecule has 1 aromatic rings. The maximum atomic E-state index is 12.1. The molecule has 0 unspecified atom stereocenters. The van der Waals surface area contributed by atoms with Crippen LogP contribution in [0.4, 0.5) is 8.78 Å². The number of allylic oxidation sites excluding steroid dienone is 15. The van der Waals surface area contributed by atoms with Gasteiger partial charge >= 0.3 is 0 Å². The third-order valence-corrected chi connectivity index (χ3v) is 5.49. The number of hydrogen-bond acceptors (Lipinski definition) is 3. The molecule has 1 aromatic carbocycles. The van der Waals surface area contributed by atoms with Crippen molar-refractivity contribution in [2.75, 3.05) is 0 Å². The number of carbonyl (C=O) groups excluding carboxylic acids is 2. The highest BCUT2D eigenvalue weighted by atomic mass is 19.1. The number of aryl methyl sites for hydroxylation is 1. The Bertz CT molecular complexity index is 1110. The quantitative estimate of drug-likeness (QED) is 0.331. The van der Waals surface area contributed by atoms with Gasteiger partial charge in [0.25, 0.3) is 0 Å². The molecule has 0 heterocycles. The minimum Gasteiger partial charge on any atom is -0.509 e. The van der Waals surface area contributed by atoms with Gasteiger partial charge < -0.3 is 9.90 Å². The first-order chi connectivity index (χ1) is 20.7. The summed E-state index contributed by atoms with van der Waals surface area (Å²) < 4.78 is 24.2. The van der Waals surface area contributed by atoms with Crippen LogP contribution in [0.3, 0.4) is 0 Å². The van der Waals surface area contributed by atoms with E-state index in [0.717, 1.165) is 31.1 Å². The van der Waals surface area contributed by atoms with Gasteiger partial charge in [0.2, 0.25) is 0 Å². The van der Waals surface area contributed by atoms with Gasteiger partial charge in [-0.25, -0.2) is 8.78 Å².